The van der Waals surface area contributed by atoms with Crippen LogP contribution in [0.1, 0.15) is 32.6 Å². The minimum Gasteiger partial charge on any atom is -0.338 e. The van der Waals surface area contributed by atoms with E-state index in [2.05, 4.69) is 12.0 Å². The Balaban J connectivity index is 2.07. The zero-order valence-electron chi connectivity index (χ0n) is 10.7. The molecule has 18 heavy (non-hydrogen) atoms. The van der Waals surface area contributed by atoms with E-state index in [1.165, 1.54) is 23.4 Å². The van der Waals surface area contributed by atoms with Crippen molar-refractivity contribution >= 4 is 5.91 Å². The Kier molecular flexibility index (Phi) is 4.12. The van der Waals surface area contributed by atoms with Crippen molar-refractivity contribution in [1.29, 1.82) is 0 Å². The third kappa shape index (κ3) is 2.78. The number of hydrogen-bond donors (Lipinski definition) is 0. The monoisotopic (exact) mass is 249 g/mol. The largest absolute Gasteiger partial charge is 0.338 e. The lowest BCUT2D eigenvalue weighted by Gasteiger charge is -2.35. The molecular weight excluding hydrogens is 230 g/mol. The SMILES string of the molecule is CCC1CCCCN1C(=O)Cn1ncccc1=O. The average molecular weight is 249 g/mol. The van der Waals surface area contributed by atoms with Gasteiger partial charge in [0.1, 0.15) is 6.54 Å². The van der Waals surface area contributed by atoms with Gasteiger partial charge in [0.2, 0.25) is 5.91 Å². The molecule has 1 aliphatic rings. The average Bonchev–Trinajstić information content (AvgIpc) is 2.41. The van der Waals surface area contributed by atoms with Crippen LogP contribution < -0.4 is 5.56 Å². The minimum absolute atomic E-state index is 0.00218. The van der Waals surface area contributed by atoms with Gasteiger partial charge >= 0.3 is 0 Å². The van der Waals surface area contributed by atoms with E-state index < -0.39 is 0 Å². The van der Waals surface area contributed by atoms with Crippen molar-refractivity contribution in [3.8, 4) is 0 Å². The van der Waals surface area contributed by atoms with E-state index in [1.54, 1.807) is 6.07 Å². The molecule has 0 N–H and O–H groups in total. The van der Waals surface area contributed by atoms with Crippen molar-refractivity contribution in [3.63, 3.8) is 0 Å². The molecule has 98 valence electrons. The predicted octanol–water partition coefficient (Wildman–Crippen LogP) is 1.03. The first kappa shape index (κ1) is 12.8. The van der Waals surface area contributed by atoms with Crippen LogP contribution >= 0.6 is 0 Å². The summed E-state index contributed by atoms with van der Waals surface area (Å²) in [6.07, 6.45) is 5.82. The summed E-state index contributed by atoms with van der Waals surface area (Å²) in [4.78, 5) is 25.6. The fraction of sp³-hybridized carbons (Fsp3) is 0.615. The summed E-state index contributed by atoms with van der Waals surface area (Å²) in [5.74, 6) is 0.00218. The fourth-order valence-electron chi connectivity index (χ4n) is 2.48. The molecule has 2 heterocycles. The molecule has 0 bridgehead atoms. The van der Waals surface area contributed by atoms with E-state index in [4.69, 9.17) is 0 Å². The van der Waals surface area contributed by atoms with Crippen molar-refractivity contribution in [2.75, 3.05) is 6.54 Å². The second-order valence-corrected chi connectivity index (χ2v) is 4.66. The number of likely N-dealkylation sites (tertiary alicyclic amines) is 1. The number of hydrogen-bond acceptors (Lipinski definition) is 3. The van der Waals surface area contributed by atoms with Crippen LogP contribution in [0.3, 0.4) is 0 Å². The number of piperidine rings is 1. The second kappa shape index (κ2) is 5.80. The van der Waals surface area contributed by atoms with E-state index in [0.717, 1.165) is 25.8 Å². The quantitative estimate of drug-likeness (QED) is 0.804. The molecule has 1 aromatic heterocycles. The molecule has 2 rings (SSSR count). The molecular formula is C13H19N3O2. The summed E-state index contributed by atoms with van der Waals surface area (Å²) >= 11 is 0. The van der Waals surface area contributed by atoms with Crippen molar-refractivity contribution < 1.29 is 4.79 Å². The molecule has 1 unspecified atom stereocenters. The molecule has 1 fully saturated rings. The van der Waals surface area contributed by atoms with Gasteiger partial charge in [-0.1, -0.05) is 6.92 Å². The lowest BCUT2D eigenvalue weighted by Crippen LogP contribution is -2.46. The summed E-state index contributed by atoms with van der Waals surface area (Å²) in [7, 11) is 0. The molecule has 0 radical (unpaired) electrons. The molecule has 0 aliphatic carbocycles. The molecule has 0 spiro atoms. The smallest absolute Gasteiger partial charge is 0.267 e. The van der Waals surface area contributed by atoms with Crippen LogP contribution in [-0.2, 0) is 11.3 Å². The van der Waals surface area contributed by atoms with Crippen molar-refractivity contribution in [2.24, 2.45) is 0 Å². The van der Waals surface area contributed by atoms with Crippen LogP contribution in [0.15, 0.2) is 23.1 Å². The van der Waals surface area contributed by atoms with Crippen LogP contribution in [0.5, 0.6) is 0 Å². The first-order valence-electron chi connectivity index (χ1n) is 6.54. The number of aromatic nitrogens is 2. The van der Waals surface area contributed by atoms with Crippen LogP contribution in [0.4, 0.5) is 0 Å². The Morgan fingerprint density at radius 2 is 2.33 bits per heavy atom. The van der Waals surface area contributed by atoms with Gasteiger partial charge in [-0.3, -0.25) is 9.59 Å². The van der Waals surface area contributed by atoms with Crippen LogP contribution in [-0.4, -0.2) is 33.2 Å². The van der Waals surface area contributed by atoms with Gasteiger partial charge in [-0.15, -0.1) is 0 Å². The van der Waals surface area contributed by atoms with Gasteiger partial charge in [0.15, 0.2) is 0 Å². The van der Waals surface area contributed by atoms with Gasteiger partial charge in [0, 0.05) is 24.8 Å². The number of nitrogens with zero attached hydrogens (tertiary/aromatic N) is 3. The normalized spacial score (nSPS) is 19.8. The lowest BCUT2D eigenvalue weighted by atomic mass is 10.00. The molecule has 0 saturated carbocycles. The summed E-state index contributed by atoms with van der Waals surface area (Å²) in [5.41, 5.74) is -0.226. The standard InChI is InChI=1S/C13H19N3O2/c1-2-11-6-3-4-9-15(11)13(18)10-16-12(17)7-5-8-14-16/h5,7-8,11H,2-4,6,9-10H2,1H3. The number of rotatable bonds is 3. The van der Waals surface area contributed by atoms with Gasteiger partial charge in [0.25, 0.3) is 5.56 Å². The Morgan fingerprint density at radius 3 is 3.06 bits per heavy atom. The molecule has 5 nitrogen and oxygen atoms in total. The Labute approximate surface area is 106 Å². The third-order valence-electron chi connectivity index (χ3n) is 3.49. The van der Waals surface area contributed by atoms with E-state index in [-0.39, 0.29) is 18.0 Å². The van der Waals surface area contributed by atoms with Gasteiger partial charge in [-0.05, 0) is 31.7 Å². The van der Waals surface area contributed by atoms with Gasteiger partial charge in [-0.25, -0.2) is 4.68 Å². The first-order chi connectivity index (χ1) is 8.72. The van der Waals surface area contributed by atoms with Crippen molar-refractivity contribution in [2.45, 2.75) is 45.2 Å². The maximum Gasteiger partial charge on any atom is 0.267 e. The van der Waals surface area contributed by atoms with Crippen LogP contribution in [0, 0.1) is 0 Å². The molecule has 1 atom stereocenters. The van der Waals surface area contributed by atoms with E-state index >= 15 is 0 Å². The molecule has 5 heteroatoms. The van der Waals surface area contributed by atoms with Gasteiger partial charge in [-0.2, -0.15) is 5.10 Å². The van der Waals surface area contributed by atoms with Gasteiger partial charge in [0.05, 0.1) is 0 Å². The first-order valence-corrected chi connectivity index (χ1v) is 6.54. The van der Waals surface area contributed by atoms with Crippen LogP contribution in [0.25, 0.3) is 0 Å². The zero-order valence-corrected chi connectivity index (χ0v) is 10.7. The fourth-order valence-corrected chi connectivity index (χ4v) is 2.48. The van der Waals surface area contributed by atoms with E-state index in [1.807, 2.05) is 4.90 Å². The summed E-state index contributed by atoms with van der Waals surface area (Å²) < 4.78 is 1.23. The predicted molar refractivity (Wildman–Crippen MR) is 68.1 cm³/mol. The van der Waals surface area contributed by atoms with Crippen molar-refractivity contribution in [3.05, 3.63) is 28.7 Å². The Hall–Kier alpha value is -1.65. The Bertz CT molecular complexity index is 469. The maximum atomic E-state index is 12.2. The minimum atomic E-state index is -0.226. The topological polar surface area (TPSA) is 55.2 Å². The molecule has 1 aliphatic heterocycles. The van der Waals surface area contributed by atoms with Crippen LogP contribution in [0.2, 0.25) is 0 Å². The van der Waals surface area contributed by atoms with E-state index in [9.17, 15) is 9.59 Å². The number of carbonyl (C=O) groups excluding carboxylic acids is 1. The highest BCUT2D eigenvalue weighted by atomic mass is 16.2. The summed E-state index contributed by atoms with van der Waals surface area (Å²) in [6, 6.07) is 3.33. The van der Waals surface area contributed by atoms with Gasteiger partial charge < -0.3 is 4.90 Å². The highest BCUT2D eigenvalue weighted by Crippen LogP contribution is 2.19. The highest BCUT2D eigenvalue weighted by Gasteiger charge is 2.25. The second-order valence-electron chi connectivity index (χ2n) is 4.66. The maximum absolute atomic E-state index is 12.2. The van der Waals surface area contributed by atoms with E-state index in [0.29, 0.717) is 6.04 Å². The Morgan fingerprint density at radius 1 is 1.50 bits per heavy atom. The third-order valence-corrected chi connectivity index (χ3v) is 3.49. The molecule has 0 aromatic carbocycles. The molecule has 1 amide bonds. The van der Waals surface area contributed by atoms with Crippen molar-refractivity contribution in [1.82, 2.24) is 14.7 Å². The highest BCUT2D eigenvalue weighted by molar-refractivity contribution is 5.76. The lowest BCUT2D eigenvalue weighted by molar-refractivity contribution is -0.135. The zero-order chi connectivity index (χ0) is 13.0. The number of amides is 1. The molecule has 1 aromatic rings. The summed E-state index contributed by atoms with van der Waals surface area (Å²) in [5, 5.41) is 3.92. The molecule has 1 saturated heterocycles. The number of carbonyl (C=O) groups is 1. The summed E-state index contributed by atoms with van der Waals surface area (Å²) in [6.45, 7) is 2.96.